The monoisotopic (exact) mass is 339 g/mol. The van der Waals surface area contributed by atoms with Gasteiger partial charge in [-0.3, -0.25) is 0 Å². The number of hydrogen-bond donors (Lipinski definition) is 0. The summed E-state index contributed by atoms with van der Waals surface area (Å²) in [6.07, 6.45) is 0. The molecule has 0 bridgehead atoms. The molecule has 0 radical (unpaired) electrons. The first-order chi connectivity index (χ1) is 11.3. The highest BCUT2D eigenvalue weighted by atomic mass is 35.5. The van der Waals surface area contributed by atoms with Gasteiger partial charge in [0.05, 0.1) is 16.7 Å². The van der Waals surface area contributed by atoms with E-state index in [4.69, 9.17) is 23.2 Å². The predicted molar refractivity (Wildman–Crippen MR) is 99.9 cm³/mol. The molecule has 0 aliphatic heterocycles. The molecule has 3 heteroatoms. The van der Waals surface area contributed by atoms with Gasteiger partial charge >= 0.3 is 0 Å². The lowest BCUT2D eigenvalue weighted by atomic mass is 10.1. The van der Waals surface area contributed by atoms with E-state index >= 15 is 0 Å². The van der Waals surface area contributed by atoms with Crippen LogP contribution in [0.4, 0.5) is 0 Å². The number of benzene rings is 3. The Balaban J connectivity index is 2.16. The lowest BCUT2D eigenvalue weighted by molar-refractivity contribution is 1.13. The van der Waals surface area contributed by atoms with Crippen LogP contribution in [0.1, 0.15) is 11.1 Å². The van der Waals surface area contributed by atoms with Crippen LogP contribution >= 0.6 is 23.2 Å². The van der Waals surface area contributed by atoms with Gasteiger partial charge in [-0.2, -0.15) is 0 Å². The van der Waals surface area contributed by atoms with Crippen molar-refractivity contribution in [3.05, 3.63) is 77.9 Å². The molecule has 1 aromatic heterocycles. The minimum atomic E-state index is 0.471. The zero-order chi connectivity index (χ0) is 15.8. The molecule has 0 N–H and O–H groups in total. The summed E-state index contributed by atoms with van der Waals surface area (Å²) in [5.41, 5.74) is 5.68. The molecule has 0 saturated carbocycles. The molecule has 3 aromatic carbocycles. The number of halogens is 2. The van der Waals surface area contributed by atoms with E-state index in [0.29, 0.717) is 11.8 Å². The lowest BCUT2D eigenvalue weighted by Gasteiger charge is -2.13. The van der Waals surface area contributed by atoms with Crippen LogP contribution < -0.4 is 0 Å². The van der Waals surface area contributed by atoms with Crippen LogP contribution in [0.2, 0.25) is 0 Å². The number of aromatic nitrogens is 1. The Morgan fingerprint density at radius 3 is 1.87 bits per heavy atom. The van der Waals surface area contributed by atoms with Crippen molar-refractivity contribution in [2.24, 2.45) is 0 Å². The molecule has 114 valence electrons. The highest BCUT2D eigenvalue weighted by molar-refractivity contribution is 6.18. The summed E-state index contributed by atoms with van der Waals surface area (Å²) in [6, 6.07) is 23.2. The van der Waals surface area contributed by atoms with Crippen LogP contribution in [0.25, 0.3) is 27.5 Å². The van der Waals surface area contributed by atoms with Crippen molar-refractivity contribution in [3.63, 3.8) is 0 Å². The van der Waals surface area contributed by atoms with Gasteiger partial charge in [0.1, 0.15) is 0 Å². The zero-order valence-electron chi connectivity index (χ0n) is 12.5. The molecular formula is C20H15Cl2N. The third-order valence-electron chi connectivity index (χ3n) is 4.27. The second-order valence-electron chi connectivity index (χ2n) is 5.60. The van der Waals surface area contributed by atoms with Crippen LogP contribution in [-0.2, 0) is 11.8 Å². The number of fused-ring (bicyclic) bond motifs is 3. The number of para-hydroxylation sites is 2. The van der Waals surface area contributed by atoms with Crippen molar-refractivity contribution in [2.75, 3.05) is 0 Å². The summed E-state index contributed by atoms with van der Waals surface area (Å²) >= 11 is 12.3. The topological polar surface area (TPSA) is 4.93 Å². The van der Waals surface area contributed by atoms with E-state index in [1.165, 1.54) is 21.8 Å². The van der Waals surface area contributed by atoms with E-state index in [1.54, 1.807) is 0 Å². The van der Waals surface area contributed by atoms with Gasteiger partial charge in [0.15, 0.2) is 0 Å². The van der Waals surface area contributed by atoms with Crippen LogP contribution in [0.5, 0.6) is 0 Å². The van der Waals surface area contributed by atoms with Gasteiger partial charge in [0, 0.05) is 22.5 Å². The SMILES string of the molecule is ClCc1ccc(CCl)c(-n2c3ccccc3c3ccccc32)c1. The van der Waals surface area contributed by atoms with Crippen LogP contribution in [0.15, 0.2) is 66.7 Å². The van der Waals surface area contributed by atoms with Crippen molar-refractivity contribution in [1.82, 2.24) is 4.57 Å². The van der Waals surface area contributed by atoms with Crippen molar-refractivity contribution in [3.8, 4) is 5.69 Å². The average molecular weight is 340 g/mol. The van der Waals surface area contributed by atoms with E-state index < -0.39 is 0 Å². The molecule has 1 heterocycles. The second kappa shape index (κ2) is 5.92. The average Bonchev–Trinajstić information content (AvgIpc) is 2.95. The van der Waals surface area contributed by atoms with E-state index in [-0.39, 0.29) is 0 Å². The van der Waals surface area contributed by atoms with Gasteiger partial charge < -0.3 is 4.57 Å². The largest absolute Gasteiger partial charge is 0.309 e. The summed E-state index contributed by atoms with van der Waals surface area (Å²) in [5.74, 6) is 0.964. The van der Waals surface area contributed by atoms with Crippen LogP contribution in [-0.4, -0.2) is 4.57 Å². The van der Waals surface area contributed by atoms with E-state index in [9.17, 15) is 0 Å². The third kappa shape index (κ3) is 2.32. The molecule has 0 fully saturated rings. The highest BCUT2D eigenvalue weighted by Gasteiger charge is 2.14. The minimum Gasteiger partial charge on any atom is -0.309 e. The fraction of sp³-hybridized carbons (Fsp3) is 0.100. The maximum absolute atomic E-state index is 6.20. The molecule has 0 spiro atoms. The maximum atomic E-state index is 6.20. The number of hydrogen-bond acceptors (Lipinski definition) is 0. The van der Waals surface area contributed by atoms with Gasteiger partial charge in [-0.15, -0.1) is 23.2 Å². The fourth-order valence-corrected chi connectivity index (χ4v) is 3.59. The summed E-state index contributed by atoms with van der Waals surface area (Å²) in [7, 11) is 0. The van der Waals surface area contributed by atoms with Gasteiger partial charge in [-0.05, 0) is 29.3 Å². The number of rotatable bonds is 3. The van der Waals surface area contributed by atoms with Crippen LogP contribution in [0, 0.1) is 0 Å². The van der Waals surface area contributed by atoms with E-state index in [0.717, 1.165) is 16.8 Å². The predicted octanol–water partition coefficient (Wildman–Crippen LogP) is 6.26. The Morgan fingerprint density at radius 1 is 0.696 bits per heavy atom. The first-order valence-electron chi connectivity index (χ1n) is 7.56. The summed E-state index contributed by atoms with van der Waals surface area (Å²) in [5, 5.41) is 2.50. The van der Waals surface area contributed by atoms with Crippen molar-refractivity contribution in [2.45, 2.75) is 11.8 Å². The summed E-state index contributed by atoms with van der Waals surface area (Å²) < 4.78 is 2.29. The molecule has 0 atom stereocenters. The Kier molecular flexibility index (Phi) is 3.76. The second-order valence-corrected chi connectivity index (χ2v) is 6.13. The zero-order valence-corrected chi connectivity index (χ0v) is 14.0. The van der Waals surface area contributed by atoms with Gasteiger partial charge in [0.2, 0.25) is 0 Å². The molecule has 0 amide bonds. The molecule has 0 saturated heterocycles. The normalized spacial score (nSPS) is 11.4. The fourth-order valence-electron chi connectivity index (χ4n) is 3.20. The van der Waals surface area contributed by atoms with Crippen molar-refractivity contribution in [1.29, 1.82) is 0 Å². The summed E-state index contributed by atoms with van der Waals surface area (Å²) in [4.78, 5) is 0. The van der Waals surface area contributed by atoms with Gasteiger partial charge in [-0.1, -0.05) is 48.5 Å². The Bertz CT molecular complexity index is 948. The molecule has 0 unspecified atom stereocenters. The summed E-state index contributed by atoms with van der Waals surface area (Å²) in [6.45, 7) is 0. The number of nitrogens with zero attached hydrogens (tertiary/aromatic N) is 1. The standard InChI is InChI=1S/C20H15Cl2N/c21-12-14-9-10-15(13-22)20(11-14)23-18-7-3-1-5-16(18)17-6-2-4-8-19(17)23/h1-11H,12-13H2. The highest BCUT2D eigenvalue weighted by Crippen LogP contribution is 2.33. The smallest absolute Gasteiger partial charge is 0.0541 e. The molecule has 4 aromatic rings. The molecule has 23 heavy (non-hydrogen) atoms. The molecule has 0 aliphatic carbocycles. The number of alkyl halides is 2. The Hall–Kier alpha value is -1.96. The molecule has 0 aliphatic rings. The maximum Gasteiger partial charge on any atom is 0.0541 e. The van der Waals surface area contributed by atoms with Crippen molar-refractivity contribution >= 4 is 45.0 Å². The molecular weight excluding hydrogens is 325 g/mol. The first-order valence-corrected chi connectivity index (χ1v) is 8.62. The first kappa shape index (κ1) is 14.6. The third-order valence-corrected chi connectivity index (χ3v) is 4.87. The lowest BCUT2D eigenvalue weighted by Crippen LogP contribution is -1.99. The quantitative estimate of drug-likeness (QED) is 0.388. The Labute approximate surface area is 145 Å². The van der Waals surface area contributed by atoms with Gasteiger partial charge in [0.25, 0.3) is 0 Å². The van der Waals surface area contributed by atoms with E-state index in [1.807, 2.05) is 6.07 Å². The van der Waals surface area contributed by atoms with Crippen molar-refractivity contribution < 1.29 is 0 Å². The van der Waals surface area contributed by atoms with E-state index in [2.05, 4.69) is 65.2 Å². The van der Waals surface area contributed by atoms with Gasteiger partial charge in [-0.25, -0.2) is 0 Å². The molecule has 1 nitrogen and oxygen atoms in total. The Morgan fingerprint density at radius 2 is 1.30 bits per heavy atom. The minimum absolute atomic E-state index is 0.471. The molecule has 4 rings (SSSR count). The van der Waals surface area contributed by atoms with Crippen LogP contribution in [0.3, 0.4) is 0 Å².